The molecule has 0 atom stereocenters. The van der Waals surface area contributed by atoms with Crippen molar-refractivity contribution in [1.82, 2.24) is 19.5 Å². The van der Waals surface area contributed by atoms with Crippen molar-refractivity contribution in [3.8, 4) is 17.0 Å². The molecule has 6 heteroatoms. The summed E-state index contributed by atoms with van der Waals surface area (Å²) < 4.78 is 6.95. The molecule has 1 aliphatic heterocycles. The molecule has 26 heavy (non-hydrogen) atoms. The van der Waals surface area contributed by atoms with Crippen LogP contribution in [0.1, 0.15) is 35.4 Å². The number of likely N-dealkylation sites (tertiary alicyclic amines) is 1. The molecule has 0 spiro atoms. The van der Waals surface area contributed by atoms with Crippen molar-refractivity contribution in [3.63, 3.8) is 0 Å². The summed E-state index contributed by atoms with van der Waals surface area (Å²) in [5.74, 6) is 0.811. The number of hydrogen-bond donors (Lipinski definition) is 0. The lowest BCUT2D eigenvalue weighted by atomic mass is 10.1. The molecule has 1 amide bonds. The number of carbonyl (C=O) groups is 1. The van der Waals surface area contributed by atoms with E-state index in [9.17, 15) is 4.79 Å². The van der Waals surface area contributed by atoms with Crippen LogP contribution in [0, 0.1) is 6.92 Å². The van der Waals surface area contributed by atoms with E-state index in [-0.39, 0.29) is 5.91 Å². The van der Waals surface area contributed by atoms with Gasteiger partial charge in [-0.15, -0.1) is 0 Å². The summed E-state index contributed by atoms with van der Waals surface area (Å²) in [4.78, 5) is 19.3. The molecule has 1 fully saturated rings. The van der Waals surface area contributed by atoms with Crippen LogP contribution in [0.15, 0.2) is 36.4 Å². The zero-order chi connectivity index (χ0) is 18.1. The molecule has 3 aromatic rings. The Morgan fingerprint density at radius 1 is 1.08 bits per heavy atom. The van der Waals surface area contributed by atoms with E-state index in [0.717, 1.165) is 48.6 Å². The van der Waals surface area contributed by atoms with Gasteiger partial charge in [-0.1, -0.05) is 0 Å². The Morgan fingerprint density at radius 2 is 1.81 bits per heavy atom. The fraction of sp³-hybridized carbons (Fsp3) is 0.350. The summed E-state index contributed by atoms with van der Waals surface area (Å²) in [6, 6.07) is 11.6. The first-order valence-corrected chi connectivity index (χ1v) is 8.97. The van der Waals surface area contributed by atoms with E-state index >= 15 is 0 Å². The van der Waals surface area contributed by atoms with Crippen molar-refractivity contribution in [2.75, 3.05) is 20.2 Å². The summed E-state index contributed by atoms with van der Waals surface area (Å²) in [7, 11) is 1.65. The quantitative estimate of drug-likeness (QED) is 0.727. The number of rotatable bonds is 3. The van der Waals surface area contributed by atoms with E-state index in [1.54, 1.807) is 17.7 Å². The largest absolute Gasteiger partial charge is 0.497 e. The number of nitrogens with zero attached hydrogens (tertiary/aromatic N) is 4. The van der Waals surface area contributed by atoms with Crippen LogP contribution < -0.4 is 4.74 Å². The first-order chi connectivity index (χ1) is 12.7. The number of fused-ring (bicyclic) bond motifs is 1. The highest BCUT2D eigenvalue weighted by Crippen LogP contribution is 2.23. The van der Waals surface area contributed by atoms with Gasteiger partial charge in [0.25, 0.3) is 5.91 Å². The van der Waals surface area contributed by atoms with Crippen molar-refractivity contribution in [2.45, 2.75) is 26.2 Å². The SMILES string of the molecule is COc1ccc(-c2cc(C)n3nc(C(=O)N4CCCCC4)cc3n2)cc1. The third-order valence-electron chi connectivity index (χ3n) is 4.85. The van der Waals surface area contributed by atoms with Crippen LogP contribution in [0.4, 0.5) is 0 Å². The monoisotopic (exact) mass is 350 g/mol. The molecular formula is C20H22N4O2. The molecule has 0 N–H and O–H groups in total. The molecule has 0 bridgehead atoms. The average Bonchev–Trinajstić information content (AvgIpc) is 3.13. The van der Waals surface area contributed by atoms with Gasteiger partial charge in [0.15, 0.2) is 11.3 Å². The van der Waals surface area contributed by atoms with E-state index in [0.29, 0.717) is 11.3 Å². The fourth-order valence-corrected chi connectivity index (χ4v) is 3.40. The summed E-state index contributed by atoms with van der Waals surface area (Å²) in [5, 5.41) is 4.49. The van der Waals surface area contributed by atoms with Crippen molar-refractivity contribution in [2.24, 2.45) is 0 Å². The van der Waals surface area contributed by atoms with Gasteiger partial charge in [0.1, 0.15) is 5.75 Å². The average molecular weight is 350 g/mol. The maximum absolute atomic E-state index is 12.7. The van der Waals surface area contributed by atoms with E-state index in [1.165, 1.54) is 6.42 Å². The van der Waals surface area contributed by atoms with Crippen LogP contribution in [-0.2, 0) is 0 Å². The normalized spacial score (nSPS) is 14.6. The zero-order valence-electron chi connectivity index (χ0n) is 15.1. The van der Waals surface area contributed by atoms with Gasteiger partial charge < -0.3 is 9.64 Å². The molecule has 1 aromatic carbocycles. The van der Waals surface area contributed by atoms with Crippen molar-refractivity contribution in [1.29, 1.82) is 0 Å². The van der Waals surface area contributed by atoms with Gasteiger partial charge in [0, 0.05) is 30.4 Å². The fourth-order valence-electron chi connectivity index (χ4n) is 3.40. The number of aryl methyl sites for hydroxylation is 1. The standard InChI is InChI=1S/C20H22N4O2/c1-14-12-17(15-6-8-16(26-2)9-7-15)21-19-13-18(22-24(14)19)20(25)23-10-4-3-5-11-23/h6-9,12-13H,3-5,10-11H2,1-2H3. The zero-order valence-corrected chi connectivity index (χ0v) is 15.1. The minimum atomic E-state index is 0.000553. The smallest absolute Gasteiger partial charge is 0.274 e. The molecule has 3 heterocycles. The summed E-state index contributed by atoms with van der Waals surface area (Å²) in [5.41, 5.74) is 3.96. The number of methoxy groups -OCH3 is 1. The second-order valence-corrected chi connectivity index (χ2v) is 6.66. The first-order valence-electron chi connectivity index (χ1n) is 8.97. The van der Waals surface area contributed by atoms with Crippen LogP contribution >= 0.6 is 0 Å². The molecule has 0 aliphatic carbocycles. The Bertz CT molecular complexity index is 940. The number of aromatic nitrogens is 3. The van der Waals surface area contributed by atoms with Crippen LogP contribution in [0.25, 0.3) is 16.9 Å². The molecule has 4 rings (SSSR count). The van der Waals surface area contributed by atoms with Crippen LogP contribution in [-0.4, -0.2) is 45.6 Å². The number of ether oxygens (including phenoxy) is 1. The molecular weight excluding hydrogens is 328 g/mol. The Morgan fingerprint density at radius 3 is 2.50 bits per heavy atom. The third kappa shape index (κ3) is 3.03. The third-order valence-corrected chi connectivity index (χ3v) is 4.85. The molecule has 134 valence electrons. The number of carbonyl (C=O) groups excluding carboxylic acids is 1. The van der Waals surface area contributed by atoms with E-state index in [4.69, 9.17) is 9.72 Å². The lowest BCUT2D eigenvalue weighted by molar-refractivity contribution is 0.0718. The van der Waals surface area contributed by atoms with Gasteiger partial charge >= 0.3 is 0 Å². The Kier molecular flexibility index (Phi) is 4.32. The highest BCUT2D eigenvalue weighted by molar-refractivity contribution is 5.93. The predicted molar refractivity (Wildman–Crippen MR) is 99.5 cm³/mol. The highest BCUT2D eigenvalue weighted by atomic mass is 16.5. The Hall–Kier alpha value is -2.89. The van der Waals surface area contributed by atoms with Gasteiger partial charge in [0.05, 0.1) is 12.8 Å². The lowest BCUT2D eigenvalue weighted by Gasteiger charge is -2.25. The summed E-state index contributed by atoms with van der Waals surface area (Å²) in [6.45, 7) is 3.61. The topological polar surface area (TPSA) is 59.7 Å². The molecule has 1 aliphatic rings. The number of benzene rings is 1. The van der Waals surface area contributed by atoms with Gasteiger partial charge in [-0.05, 0) is 56.5 Å². The van der Waals surface area contributed by atoms with Crippen molar-refractivity contribution < 1.29 is 9.53 Å². The second kappa shape index (κ2) is 6.78. The number of piperidine rings is 1. The van der Waals surface area contributed by atoms with Crippen LogP contribution in [0.3, 0.4) is 0 Å². The summed E-state index contributed by atoms with van der Waals surface area (Å²) in [6.07, 6.45) is 3.33. The van der Waals surface area contributed by atoms with E-state index in [1.807, 2.05) is 42.2 Å². The van der Waals surface area contributed by atoms with Gasteiger partial charge in [0.2, 0.25) is 0 Å². The van der Waals surface area contributed by atoms with Gasteiger partial charge in [-0.3, -0.25) is 4.79 Å². The number of hydrogen-bond acceptors (Lipinski definition) is 4. The van der Waals surface area contributed by atoms with Crippen LogP contribution in [0.5, 0.6) is 5.75 Å². The first kappa shape index (κ1) is 16.6. The highest BCUT2D eigenvalue weighted by Gasteiger charge is 2.21. The number of amides is 1. The predicted octanol–water partition coefficient (Wildman–Crippen LogP) is 3.34. The molecule has 2 aromatic heterocycles. The van der Waals surface area contributed by atoms with Crippen molar-refractivity contribution >= 4 is 11.6 Å². The lowest BCUT2D eigenvalue weighted by Crippen LogP contribution is -2.35. The second-order valence-electron chi connectivity index (χ2n) is 6.66. The van der Waals surface area contributed by atoms with Crippen molar-refractivity contribution in [3.05, 3.63) is 47.8 Å². The van der Waals surface area contributed by atoms with Crippen LogP contribution in [0.2, 0.25) is 0 Å². The Balaban J connectivity index is 1.69. The minimum Gasteiger partial charge on any atom is -0.497 e. The van der Waals surface area contributed by atoms with E-state index < -0.39 is 0 Å². The molecule has 0 radical (unpaired) electrons. The summed E-state index contributed by atoms with van der Waals surface area (Å²) >= 11 is 0. The molecule has 0 unspecified atom stereocenters. The van der Waals surface area contributed by atoms with Gasteiger partial charge in [-0.2, -0.15) is 5.10 Å². The van der Waals surface area contributed by atoms with E-state index in [2.05, 4.69) is 5.10 Å². The molecule has 1 saturated heterocycles. The minimum absolute atomic E-state index is 0.000553. The molecule has 0 saturated carbocycles. The Labute approximate surface area is 152 Å². The maximum atomic E-state index is 12.7. The molecule has 6 nitrogen and oxygen atoms in total. The van der Waals surface area contributed by atoms with Gasteiger partial charge in [-0.25, -0.2) is 9.50 Å². The maximum Gasteiger partial charge on any atom is 0.274 e.